The Morgan fingerprint density at radius 1 is 0.625 bits per heavy atom. The molecule has 0 unspecified atom stereocenters. The average Bonchev–Trinajstić information content (AvgIpc) is 2.98. The molecule has 11 heteroatoms. The lowest BCUT2D eigenvalue weighted by Crippen LogP contribution is -2.50. The Morgan fingerprint density at radius 3 is 1.68 bits per heavy atom. The predicted octanol–water partition coefficient (Wildman–Crippen LogP) is 2.65. The van der Waals surface area contributed by atoms with Gasteiger partial charge < -0.3 is 4.90 Å². The summed E-state index contributed by atoms with van der Waals surface area (Å²) < 4.78 is 54.6. The molecule has 0 atom stereocenters. The molecule has 0 bridgehead atoms. The highest BCUT2D eigenvalue weighted by Gasteiger charge is 2.31. The van der Waals surface area contributed by atoms with Crippen molar-refractivity contribution >= 4 is 26.0 Å². The molecule has 0 aromatic heterocycles. The smallest absolute Gasteiger partial charge is 0.253 e. The lowest BCUT2D eigenvalue weighted by atomic mass is 10.1. The molecule has 2 aliphatic heterocycles. The highest BCUT2D eigenvalue weighted by Crippen LogP contribution is 2.21. The van der Waals surface area contributed by atoms with Gasteiger partial charge >= 0.3 is 0 Å². The van der Waals surface area contributed by atoms with Crippen LogP contribution in [0.25, 0.3) is 0 Å². The molecule has 0 spiro atoms. The molecule has 2 saturated heterocycles. The first-order chi connectivity index (χ1) is 19.1. The minimum Gasteiger partial charge on any atom is -0.336 e. The largest absolute Gasteiger partial charge is 0.336 e. The van der Waals surface area contributed by atoms with E-state index >= 15 is 0 Å². The van der Waals surface area contributed by atoms with Crippen LogP contribution in [0.5, 0.6) is 0 Å². The molecular formula is C29H34N4O5S2. The normalized spacial score (nSPS) is 18.1. The van der Waals surface area contributed by atoms with Crippen molar-refractivity contribution in [3.05, 3.63) is 95.6 Å². The standard InChI is InChI=1S/C29H34N4O5S2/c1-24-7-13-28(14-8-24)40(37,38)33-21-17-31(18-22-33)29(34)26-11-9-25(10-12-26)23-30-15-19-32(20-16-30)39(35,36)27-5-3-2-4-6-27/h2-14H,15-23H2,1H3. The zero-order valence-corrected chi connectivity index (χ0v) is 24.1. The van der Waals surface area contributed by atoms with Crippen LogP contribution in [0.15, 0.2) is 88.7 Å². The van der Waals surface area contributed by atoms with Crippen molar-refractivity contribution in [2.75, 3.05) is 52.4 Å². The van der Waals surface area contributed by atoms with Gasteiger partial charge in [0.15, 0.2) is 0 Å². The lowest BCUT2D eigenvalue weighted by molar-refractivity contribution is 0.0698. The van der Waals surface area contributed by atoms with Gasteiger partial charge in [0.25, 0.3) is 5.91 Å². The summed E-state index contributed by atoms with van der Waals surface area (Å²) in [5.41, 5.74) is 2.61. The van der Waals surface area contributed by atoms with E-state index in [1.54, 1.807) is 59.5 Å². The molecule has 0 N–H and O–H groups in total. The fourth-order valence-corrected chi connectivity index (χ4v) is 7.92. The van der Waals surface area contributed by atoms with Crippen LogP contribution in [0, 0.1) is 6.92 Å². The number of nitrogens with zero attached hydrogens (tertiary/aromatic N) is 4. The van der Waals surface area contributed by atoms with Gasteiger partial charge in [-0.2, -0.15) is 8.61 Å². The van der Waals surface area contributed by atoms with E-state index in [1.165, 1.54) is 8.61 Å². The predicted molar refractivity (Wildman–Crippen MR) is 153 cm³/mol. The maximum absolute atomic E-state index is 13.1. The van der Waals surface area contributed by atoms with Crippen LogP contribution in [0.1, 0.15) is 21.5 Å². The van der Waals surface area contributed by atoms with Crippen LogP contribution in [0.4, 0.5) is 0 Å². The molecule has 2 aliphatic rings. The number of sulfonamides is 2. The van der Waals surface area contributed by atoms with Crippen molar-refractivity contribution in [1.29, 1.82) is 0 Å². The Bertz CT molecular complexity index is 1530. The SMILES string of the molecule is Cc1ccc(S(=O)(=O)N2CCN(C(=O)c3ccc(CN4CCN(S(=O)(=O)c5ccccc5)CC4)cc3)CC2)cc1. The van der Waals surface area contributed by atoms with Crippen molar-refractivity contribution < 1.29 is 21.6 Å². The van der Waals surface area contributed by atoms with E-state index in [4.69, 9.17) is 0 Å². The van der Waals surface area contributed by atoms with Crippen LogP contribution < -0.4 is 0 Å². The lowest BCUT2D eigenvalue weighted by Gasteiger charge is -2.34. The summed E-state index contributed by atoms with van der Waals surface area (Å²) >= 11 is 0. The van der Waals surface area contributed by atoms with E-state index in [0.717, 1.165) is 11.1 Å². The number of amides is 1. The molecule has 5 rings (SSSR count). The van der Waals surface area contributed by atoms with Gasteiger partial charge in [0.05, 0.1) is 9.79 Å². The van der Waals surface area contributed by atoms with Gasteiger partial charge in [0.1, 0.15) is 0 Å². The Hall–Kier alpha value is -3.09. The number of benzene rings is 3. The summed E-state index contributed by atoms with van der Waals surface area (Å²) in [5, 5.41) is 0. The van der Waals surface area contributed by atoms with Crippen molar-refractivity contribution in [1.82, 2.24) is 18.4 Å². The first kappa shape index (κ1) is 28.4. The van der Waals surface area contributed by atoms with E-state index in [0.29, 0.717) is 56.3 Å². The molecule has 2 fully saturated rings. The number of carbonyl (C=O) groups excluding carboxylic acids is 1. The third kappa shape index (κ3) is 6.13. The van der Waals surface area contributed by atoms with Crippen molar-refractivity contribution in [3.63, 3.8) is 0 Å². The van der Waals surface area contributed by atoms with E-state index in [9.17, 15) is 21.6 Å². The summed E-state index contributed by atoms with van der Waals surface area (Å²) in [5.74, 6) is -0.112. The number of carbonyl (C=O) groups is 1. The van der Waals surface area contributed by atoms with Gasteiger partial charge in [-0.15, -0.1) is 0 Å². The maximum atomic E-state index is 13.1. The molecule has 40 heavy (non-hydrogen) atoms. The van der Waals surface area contributed by atoms with Gasteiger partial charge in [0.2, 0.25) is 20.0 Å². The van der Waals surface area contributed by atoms with Gasteiger partial charge in [-0.1, -0.05) is 48.0 Å². The number of aryl methyl sites for hydroxylation is 1. The molecule has 3 aromatic rings. The minimum atomic E-state index is -3.58. The third-order valence-corrected chi connectivity index (χ3v) is 11.3. The van der Waals surface area contributed by atoms with Crippen LogP contribution >= 0.6 is 0 Å². The Labute approximate surface area is 236 Å². The number of rotatable bonds is 7. The van der Waals surface area contributed by atoms with Gasteiger partial charge in [0, 0.05) is 64.5 Å². The molecule has 9 nitrogen and oxygen atoms in total. The Morgan fingerprint density at radius 2 is 1.12 bits per heavy atom. The molecule has 0 aliphatic carbocycles. The molecule has 0 radical (unpaired) electrons. The second-order valence-electron chi connectivity index (χ2n) is 10.2. The molecule has 3 aromatic carbocycles. The van der Waals surface area contributed by atoms with Crippen molar-refractivity contribution in [3.8, 4) is 0 Å². The van der Waals surface area contributed by atoms with Crippen LogP contribution in [0.3, 0.4) is 0 Å². The highest BCUT2D eigenvalue weighted by atomic mass is 32.2. The maximum Gasteiger partial charge on any atom is 0.253 e. The fraction of sp³-hybridized carbons (Fsp3) is 0.345. The summed E-state index contributed by atoms with van der Waals surface area (Å²) in [4.78, 5) is 17.6. The third-order valence-electron chi connectivity index (χ3n) is 7.50. The Kier molecular flexibility index (Phi) is 8.39. The molecule has 0 saturated carbocycles. The van der Waals surface area contributed by atoms with Gasteiger partial charge in [-0.25, -0.2) is 16.8 Å². The first-order valence-electron chi connectivity index (χ1n) is 13.4. The monoisotopic (exact) mass is 582 g/mol. The average molecular weight is 583 g/mol. The summed E-state index contributed by atoms with van der Waals surface area (Å²) in [6.45, 7) is 5.88. The Balaban J connectivity index is 1.12. The van der Waals surface area contributed by atoms with Crippen LogP contribution in [-0.4, -0.2) is 93.5 Å². The van der Waals surface area contributed by atoms with Gasteiger partial charge in [-0.3, -0.25) is 9.69 Å². The summed E-state index contributed by atoms with van der Waals surface area (Å²) in [6, 6.07) is 22.8. The number of hydrogen-bond donors (Lipinski definition) is 0. The van der Waals surface area contributed by atoms with Crippen molar-refractivity contribution in [2.45, 2.75) is 23.3 Å². The molecular weight excluding hydrogens is 548 g/mol. The zero-order chi connectivity index (χ0) is 28.3. The second kappa shape index (κ2) is 11.8. The van der Waals surface area contributed by atoms with E-state index < -0.39 is 20.0 Å². The summed E-state index contributed by atoms with van der Waals surface area (Å²) in [6.07, 6.45) is 0. The minimum absolute atomic E-state index is 0.112. The van der Waals surface area contributed by atoms with E-state index in [-0.39, 0.29) is 23.9 Å². The first-order valence-corrected chi connectivity index (χ1v) is 16.3. The quantitative estimate of drug-likeness (QED) is 0.425. The fourth-order valence-electron chi connectivity index (χ4n) is 5.05. The highest BCUT2D eigenvalue weighted by molar-refractivity contribution is 7.89. The number of hydrogen-bond acceptors (Lipinski definition) is 6. The van der Waals surface area contributed by atoms with Crippen LogP contribution in [-0.2, 0) is 26.6 Å². The number of piperazine rings is 2. The van der Waals surface area contributed by atoms with Crippen LogP contribution in [0.2, 0.25) is 0 Å². The second-order valence-corrected chi connectivity index (χ2v) is 14.1. The topological polar surface area (TPSA) is 98.3 Å². The van der Waals surface area contributed by atoms with Gasteiger partial charge in [-0.05, 0) is 48.9 Å². The summed E-state index contributed by atoms with van der Waals surface area (Å²) in [7, 11) is -7.07. The van der Waals surface area contributed by atoms with Crippen molar-refractivity contribution in [2.24, 2.45) is 0 Å². The molecule has 212 valence electrons. The zero-order valence-electron chi connectivity index (χ0n) is 22.5. The van der Waals surface area contributed by atoms with E-state index in [1.807, 2.05) is 31.2 Å². The molecule has 2 heterocycles. The van der Waals surface area contributed by atoms with E-state index in [2.05, 4.69) is 4.90 Å². The molecule has 1 amide bonds.